The molecule has 0 amide bonds. The van der Waals surface area contributed by atoms with E-state index in [1.165, 1.54) is 5.69 Å². The molecule has 38 heavy (non-hydrogen) atoms. The zero-order chi connectivity index (χ0) is 27.2. The minimum atomic E-state index is -0.321. The van der Waals surface area contributed by atoms with Crippen LogP contribution in [0.2, 0.25) is 0 Å². The molecule has 0 fully saturated rings. The van der Waals surface area contributed by atoms with E-state index in [2.05, 4.69) is 33.3 Å². The van der Waals surface area contributed by atoms with Gasteiger partial charge in [-0.25, -0.2) is 4.79 Å². The Morgan fingerprint density at radius 3 is 1.89 bits per heavy atom. The first kappa shape index (κ1) is 28.9. The molecule has 0 saturated carbocycles. The maximum Gasteiger partial charge on any atom is 0.338 e. The second-order valence-electron chi connectivity index (χ2n) is 10.3. The number of quaternary nitrogens is 1. The van der Waals surface area contributed by atoms with E-state index in [0.29, 0.717) is 37.6 Å². The molecular weight excluding hydrogens is 478 g/mol. The van der Waals surface area contributed by atoms with Crippen LogP contribution in [0.4, 0.5) is 5.69 Å². The third-order valence-electron chi connectivity index (χ3n) is 6.18. The Morgan fingerprint density at radius 1 is 0.658 bits per heavy atom. The monoisotopic (exact) mass is 518 g/mol. The third-order valence-corrected chi connectivity index (χ3v) is 6.18. The molecule has 3 rings (SSSR count). The Balaban J connectivity index is 1.20. The van der Waals surface area contributed by atoms with Crippen molar-refractivity contribution in [3.63, 3.8) is 0 Å². The molecule has 0 saturated heterocycles. The molecule has 0 bridgehead atoms. The first-order chi connectivity index (χ1) is 18.3. The fourth-order valence-corrected chi connectivity index (χ4v) is 3.88. The molecule has 6 nitrogen and oxygen atoms in total. The molecule has 0 N–H and O–H groups in total. The highest BCUT2D eigenvalue weighted by Crippen LogP contribution is 2.18. The fraction of sp³-hybridized carbons (Fsp3) is 0.375. The maximum atomic E-state index is 12.3. The summed E-state index contributed by atoms with van der Waals surface area (Å²) in [5.74, 6) is 0.203. The fourth-order valence-electron chi connectivity index (χ4n) is 3.88. The van der Waals surface area contributed by atoms with Crippen LogP contribution < -0.4 is 9.22 Å². The van der Waals surface area contributed by atoms with Crippen LogP contribution in [-0.2, 0) is 27.3 Å². The number of rotatable bonds is 15. The highest BCUT2D eigenvalue weighted by atomic mass is 16.5. The molecule has 0 heterocycles. The van der Waals surface area contributed by atoms with Gasteiger partial charge in [0.15, 0.2) is 0 Å². The highest BCUT2D eigenvalue weighted by Gasteiger charge is 2.12. The van der Waals surface area contributed by atoms with Crippen molar-refractivity contribution in [2.75, 3.05) is 34.4 Å². The van der Waals surface area contributed by atoms with E-state index in [-0.39, 0.29) is 11.9 Å². The number of hydrogen-bond donors (Lipinski definition) is 0. The molecule has 3 aromatic rings. The molecule has 0 radical (unpaired) electrons. The molecule has 0 atom stereocenters. The number of hydrogen-bond acceptors (Lipinski definition) is 5. The predicted octanol–water partition coefficient (Wildman–Crippen LogP) is 6.36. The number of benzene rings is 3. The average Bonchev–Trinajstić information content (AvgIpc) is 2.91. The van der Waals surface area contributed by atoms with Crippen molar-refractivity contribution in [2.45, 2.75) is 45.1 Å². The molecule has 0 spiro atoms. The van der Waals surface area contributed by atoms with Crippen molar-refractivity contribution in [1.29, 1.82) is 0 Å². The summed E-state index contributed by atoms with van der Waals surface area (Å²) in [5.41, 5.74) is 3.77. The normalized spacial score (nSPS) is 11.1. The van der Waals surface area contributed by atoms with Gasteiger partial charge >= 0.3 is 11.9 Å². The number of esters is 2. The van der Waals surface area contributed by atoms with Crippen molar-refractivity contribution < 1.29 is 23.8 Å². The molecule has 0 aliphatic heterocycles. The first-order valence-electron chi connectivity index (χ1n) is 13.3. The summed E-state index contributed by atoms with van der Waals surface area (Å²) in [5, 5.41) is 0. The van der Waals surface area contributed by atoms with Gasteiger partial charge in [0.2, 0.25) is 0 Å². The van der Waals surface area contributed by atoms with E-state index in [9.17, 15) is 9.59 Å². The Hall–Kier alpha value is -3.64. The number of ether oxygens (including phenoxy) is 3. The van der Waals surface area contributed by atoms with Gasteiger partial charge in [-0.1, -0.05) is 61.7 Å². The molecule has 6 heteroatoms. The first-order valence-corrected chi connectivity index (χ1v) is 13.3. The Morgan fingerprint density at radius 2 is 1.26 bits per heavy atom. The molecule has 0 aliphatic rings. The van der Waals surface area contributed by atoms with Crippen molar-refractivity contribution >= 4 is 17.6 Å². The summed E-state index contributed by atoms with van der Waals surface area (Å²) < 4.78 is 17.3. The van der Waals surface area contributed by atoms with E-state index in [4.69, 9.17) is 14.2 Å². The van der Waals surface area contributed by atoms with E-state index in [1.807, 2.05) is 42.5 Å². The number of carbonyl (C=O) groups is 2. The summed E-state index contributed by atoms with van der Waals surface area (Å²) in [6.07, 6.45) is 4.90. The molecule has 0 aromatic heterocycles. The average molecular weight is 519 g/mol. The van der Waals surface area contributed by atoms with E-state index < -0.39 is 0 Å². The Bertz CT molecular complexity index is 1120. The standard InChI is InChI=1S/C32H40NO5/c1-33(2,3)29-18-14-26(15-19-29)24-31(34)36-22-10-5-4-6-11-23-37-32(35)28-16-20-30(21-17-28)38-25-27-12-8-7-9-13-27/h7-9,12-21H,4-6,10-11,22-25H2,1-3H3/q+1. The van der Waals surface area contributed by atoms with Crippen LogP contribution >= 0.6 is 0 Å². The van der Waals surface area contributed by atoms with Crippen molar-refractivity contribution in [3.8, 4) is 5.75 Å². The summed E-state index contributed by atoms with van der Waals surface area (Å²) in [7, 11) is 6.33. The Kier molecular flexibility index (Phi) is 11.4. The lowest BCUT2D eigenvalue weighted by molar-refractivity contribution is -0.142. The minimum Gasteiger partial charge on any atom is -0.489 e. The van der Waals surface area contributed by atoms with Gasteiger partial charge in [-0.05, 0) is 60.4 Å². The lowest BCUT2D eigenvalue weighted by Gasteiger charge is -2.23. The van der Waals surface area contributed by atoms with Crippen molar-refractivity contribution in [3.05, 3.63) is 95.6 Å². The van der Waals surface area contributed by atoms with Gasteiger partial charge in [-0.2, -0.15) is 0 Å². The second kappa shape index (κ2) is 14.9. The second-order valence-corrected chi connectivity index (χ2v) is 10.3. The zero-order valence-electron chi connectivity index (χ0n) is 22.9. The predicted molar refractivity (Wildman–Crippen MR) is 151 cm³/mol. The quantitative estimate of drug-likeness (QED) is 0.133. The molecule has 0 unspecified atom stereocenters. The molecule has 0 aliphatic carbocycles. The largest absolute Gasteiger partial charge is 0.489 e. The van der Waals surface area contributed by atoms with Crippen LogP contribution in [0, 0.1) is 0 Å². The van der Waals surface area contributed by atoms with Gasteiger partial charge in [-0.15, -0.1) is 0 Å². The van der Waals surface area contributed by atoms with Crippen LogP contribution in [0.3, 0.4) is 0 Å². The maximum absolute atomic E-state index is 12.3. The number of carbonyl (C=O) groups excluding carboxylic acids is 2. The van der Waals surface area contributed by atoms with Gasteiger partial charge in [0, 0.05) is 0 Å². The lowest BCUT2D eigenvalue weighted by Crippen LogP contribution is -2.34. The minimum absolute atomic E-state index is 0.189. The van der Waals surface area contributed by atoms with E-state index in [1.54, 1.807) is 24.3 Å². The summed E-state index contributed by atoms with van der Waals surface area (Å²) in [6.45, 7) is 1.32. The van der Waals surface area contributed by atoms with Gasteiger partial charge in [0.05, 0.1) is 46.3 Å². The SMILES string of the molecule is C[N+](C)(C)c1ccc(CC(=O)OCCCCCCCOC(=O)c2ccc(OCc3ccccc3)cc2)cc1. The van der Waals surface area contributed by atoms with Crippen LogP contribution in [0.1, 0.15) is 53.6 Å². The summed E-state index contributed by atoms with van der Waals surface area (Å²) in [4.78, 5) is 24.3. The molecule has 202 valence electrons. The number of unbranched alkanes of at least 4 members (excludes halogenated alkanes) is 4. The van der Waals surface area contributed by atoms with E-state index in [0.717, 1.165) is 47.7 Å². The third kappa shape index (κ3) is 10.4. The van der Waals surface area contributed by atoms with Crippen molar-refractivity contribution in [1.82, 2.24) is 4.48 Å². The number of nitrogens with zero attached hydrogens (tertiary/aromatic N) is 1. The Labute approximate surface area is 226 Å². The topological polar surface area (TPSA) is 61.8 Å². The van der Waals surface area contributed by atoms with Gasteiger partial charge in [-0.3, -0.25) is 9.28 Å². The smallest absolute Gasteiger partial charge is 0.338 e. The summed E-state index contributed by atoms with van der Waals surface area (Å²) in [6, 6.07) is 25.1. The summed E-state index contributed by atoms with van der Waals surface area (Å²) >= 11 is 0. The van der Waals surface area contributed by atoms with Gasteiger partial charge < -0.3 is 14.2 Å². The molecule has 3 aromatic carbocycles. The zero-order valence-corrected chi connectivity index (χ0v) is 22.9. The van der Waals surface area contributed by atoms with E-state index >= 15 is 0 Å². The van der Waals surface area contributed by atoms with Crippen LogP contribution in [-0.4, -0.2) is 46.3 Å². The van der Waals surface area contributed by atoms with Crippen LogP contribution in [0.5, 0.6) is 5.75 Å². The van der Waals surface area contributed by atoms with Crippen molar-refractivity contribution in [2.24, 2.45) is 0 Å². The van der Waals surface area contributed by atoms with Crippen LogP contribution in [0.25, 0.3) is 0 Å². The molecular formula is C32H40NO5+. The highest BCUT2D eigenvalue weighted by molar-refractivity contribution is 5.89. The van der Waals surface area contributed by atoms with Crippen LogP contribution in [0.15, 0.2) is 78.9 Å². The van der Waals surface area contributed by atoms with Gasteiger partial charge in [0.25, 0.3) is 0 Å². The van der Waals surface area contributed by atoms with Gasteiger partial charge in [0.1, 0.15) is 18.0 Å². The lowest BCUT2D eigenvalue weighted by atomic mass is 10.1.